The number of nitrogens with one attached hydrogen (secondary N) is 3. The molecular weight excluding hydrogens is 405 g/mol. The molecule has 0 saturated carbocycles. The number of rotatable bonds is 7. The molecule has 2 rings (SSSR count). The fourth-order valence-electron chi connectivity index (χ4n) is 2.52. The first-order chi connectivity index (χ1) is 13.6. The Hall–Kier alpha value is -2.59. The van der Waals surface area contributed by atoms with E-state index in [2.05, 4.69) is 20.3 Å². The molecule has 0 unspecified atom stereocenters. The first kappa shape index (κ1) is 22.7. The number of aliphatic imine (C=N–C) groups is 1. The largest absolute Gasteiger partial charge is 0.416 e. The van der Waals surface area contributed by atoms with Crippen molar-refractivity contribution >= 4 is 16.0 Å². The lowest BCUT2D eigenvalue weighted by molar-refractivity contribution is -0.137. The van der Waals surface area contributed by atoms with Crippen LogP contribution in [0.3, 0.4) is 0 Å². The zero-order chi connectivity index (χ0) is 21.5. The summed E-state index contributed by atoms with van der Waals surface area (Å²) in [5.74, 6) is 0.358. The van der Waals surface area contributed by atoms with Crippen molar-refractivity contribution in [2.24, 2.45) is 4.99 Å². The van der Waals surface area contributed by atoms with Crippen molar-refractivity contribution in [1.82, 2.24) is 15.4 Å². The molecule has 29 heavy (non-hydrogen) atoms. The highest BCUT2D eigenvalue weighted by Gasteiger charge is 2.29. The third-order valence-corrected chi connectivity index (χ3v) is 5.42. The number of nitrogens with zero attached hydrogens (tertiary/aromatic N) is 1. The van der Waals surface area contributed by atoms with Crippen LogP contribution in [0.2, 0.25) is 0 Å². The van der Waals surface area contributed by atoms with Crippen LogP contribution in [-0.4, -0.2) is 28.5 Å². The Bertz CT molecular complexity index is 943. The van der Waals surface area contributed by atoms with E-state index in [0.717, 1.165) is 17.7 Å². The molecule has 0 amide bonds. The molecule has 0 aromatic heterocycles. The van der Waals surface area contributed by atoms with E-state index in [1.807, 2.05) is 6.07 Å². The van der Waals surface area contributed by atoms with Gasteiger partial charge in [-0.2, -0.15) is 13.2 Å². The Kier molecular flexibility index (Phi) is 7.63. The summed E-state index contributed by atoms with van der Waals surface area (Å²) in [7, 11) is -0.404. The van der Waals surface area contributed by atoms with Crippen molar-refractivity contribution < 1.29 is 21.6 Å². The van der Waals surface area contributed by atoms with Crippen LogP contribution < -0.4 is 15.4 Å². The minimum absolute atomic E-state index is 0.113. The number of alkyl halides is 3. The predicted molar refractivity (Wildman–Crippen MR) is 107 cm³/mol. The molecule has 0 aliphatic heterocycles. The fourth-order valence-corrected chi connectivity index (χ4v) is 3.29. The molecule has 0 heterocycles. The second kappa shape index (κ2) is 9.75. The molecule has 158 valence electrons. The first-order valence-corrected chi connectivity index (χ1v) is 10.4. The Balaban J connectivity index is 1.91. The molecule has 0 radical (unpaired) electrons. The van der Waals surface area contributed by atoms with Crippen molar-refractivity contribution in [3.63, 3.8) is 0 Å². The Morgan fingerprint density at radius 1 is 0.966 bits per heavy atom. The Labute approximate surface area is 168 Å². The maximum Gasteiger partial charge on any atom is 0.416 e. The van der Waals surface area contributed by atoms with Gasteiger partial charge in [-0.3, -0.25) is 4.99 Å². The van der Waals surface area contributed by atoms with Gasteiger partial charge in [-0.25, -0.2) is 13.1 Å². The maximum absolute atomic E-state index is 12.6. The van der Waals surface area contributed by atoms with Gasteiger partial charge < -0.3 is 10.6 Å². The van der Waals surface area contributed by atoms with Gasteiger partial charge in [0.05, 0.1) is 11.3 Å². The maximum atomic E-state index is 12.6. The highest BCUT2D eigenvalue weighted by molar-refractivity contribution is 7.88. The molecule has 2 aromatic carbocycles. The summed E-state index contributed by atoms with van der Waals surface area (Å²) in [4.78, 5) is 4.08. The van der Waals surface area contributed by atoms with Gasteiger partial charge in [0.1, 0.15) is 0 Å². The van der Waals surface area contributed by atoms with Crippen LogP contribution in [0, 0.1) is 0 Å². The van der Waals surface area contributed by atoms with Gasteiger partial charge in [0.2, 0.25) is 10.0 Å². The van der Waals surface area contributed by atoms with Gasteiger partial charge in [0.25, 0.3) is 0 Å². The number of benzene rings is 2. The highest BCUT2D eigenvalue weighted by atomic mass is 32.2. The van der Waals surface area contributed by atoms with Crippen LogP contribution in [-0.2, 0) is 35.0 Å². The van der Waals surface area contributed by atoms with Crippen molar-refractivity contribution in [2.45, 2.75) is 25.0 Å². The third kappa shape index (κ3) is 7.39. The van der Waals surface area contributed by atoms with Gasteiger partial charge in [-0.15, -0.1) is 0 Å². The van der Waals surface area contributed by atoms with Crippen LogP contribution >= 0.6 is 0 Å². The molecule has 0 atom stereocenters. The molecule has 0 fully saturated rings. The number of sulfonamides is 1. The molecule has 0 spiro atoms. The van der Waals surface area contributed by atoms with Gasteiger partial charge in [0, 0.05) is 20.1 Å². The standard InChI is InChI=1S/C19H23F3N4O2S/c1-23-18(25-11-14-6-8-17(9-7-14)19(20,21)22)26-12-15-4-3-5-16(10-15)13-29(27,28)24-2/h3-10,24H,11-13H2,1-2H3,(H2,23,25,26). The number of hydrogen-bond donors (Lipinski definition) is 3. The zero-order valence-electron chi connectivity index (χ0n) is 16.0. The quantitative estimate of drug-likeness (QED) is 0.468. The minimum atomic E-state index is -4.36. The number of guanidine groups is 1. The lowest BCUT2D eigenvalue weighted by Crippen LogP contribution is -2.36. The summed E-state index contributed by atoms with van der Waals surface area (Å²) >= 11 is 0. The van der Waals surface area contributed by atoms with Crippen LogP contribution in [0.15, 0.2) is 53.5 Å². The van der Waals surface area contributed by atoms with Crippen LogP contribution in [0.5, 0.6) is 0 Å². The van der Waals surface area contributed by atoms with Crippen molar-refractivity contribution in [3.8, 4) is 0 Å². The molecule has 10 heteroatoms. The van der Waals surface area contributed by atoms with Gasteiger partial charge in [-0.05, 0) is 35.9 Å². The molecule has 0 saturated heterocycles. The van der Waals surface area contributed by atoms with E-state index >= 15 is 0 Å². The fraction of sp³-hybridized carbons (Fsp3) is 0.316. The van der Waals surface area contributed by atoms with Gasteiger partial charge >= 0.3 is 6.18 Å². The van der Waals surface area contributed by atoms with E-state index < -0.39 is 21.8 Å². The molecule has 3 N–H and O–H groups in total. The summed E-state index contributed by atoms with van der Waals surface area (Å²) in [6, 6.07) is 12.0. The van der Waals surface area contributed by atoms with E-state index in [0.29, 0.717) is 30.2 Å². The number of halogens is 3. The van der Waals surface area contributed by atoms with E-state index in [1.54, 1.807) is 25.2 Å². The topological polar surface area (TPSA) is 82.6 Å². The van der Waals surface area contributed by atoms with Crippen molar-refractivity contribution in [2.75, 3.05) is 14.1 Å². The molecular formula is C19H23F3N4O2S. The summed E-state index contributed by atoms with van der Waals surface area (Å²) in [6.45, 7) is 0.707. The van der Waals surface area contributed by atoms with Gasteiger partial charge in [0.15, 0.2) is 5.96 Å². The SMILES string of the molecule is CN=C(NCc1ccc(C(F)(F)F)cc1)NCc1cccc(CS(=O)(=O)NC)c1. The lowest BCUT2D eigenvalue weighted by atomic mass is 10.1. The van der Waals surface area contributed by atoms with Crippen molar-refractivity contribution in [3.05, 3.63) is 70.8 Å². The average Bonchev–Trinajstić information content (AvgIpc) is 2.68. The predicted octanol–water partition coefficient (Wildman–Crippen LogP) is 2.62. The summed E-state index contributed by atoms with van der Waals surface area (Å²) < 4.78 is 63.4. The van der Waals surface area contributed by atoms with Crippen LogP contribution in [0.25, 0.3) is 0 Å². The molecule has 0 bridgehead atoms. The van der Waals surface area contributed by atoms with Crippen LogP contribution in [0.1, 0.15) is 22.3 Å². The Morgan fingerprint density at radius 2 is 1.55 bits per heavy atom. The highest BCUT2D eigenvalue weighted by Crippen LogP contribution is 2.29. The van der Waals surface area contributed by atoms with E-state index in [4.69, 9.17) is 0 Å². The molecule has 0 aliphatic rings. The van der Waals surface area contributed by atoms with E-state index in [9.17, 15) is 21.6 Å². The smallest absolute Gasteiger partial charge is 0.352 e. The zero-order valence-corrected chi connectivity index (χ0v) is 16.9. The molecule has 2 aromatic rings. The normalized spacial score (nSPS) is 12.7. The van der Waals surface area contributed by atoms with Gasteiger partial charge in [-0.1, -0.05) is 36.4 Å². The lowest BCUT2D eigenvalue weighted by Gasteiger charge is -2.13. The second-order valence-corrected chi connectivity index (χ2v) is 8.18. The summed E-state index contributed by atoms with van der Waals surface area (Å²) in [5.41, 5.74) is 1.52. The van der Waals surface area contributed by atoms with Crippen molar-refractivity contribution in [1.29, 1.82) is 0 Å². The second-order valence-electron chi connectivity index (χ2n) is 6.26. The van der Waals surface area contributed by atoms with Crippen LogP contribution in [0.4, 0.5) is 13.2 Å². The van der Waals surface area contributed by atoms with E-state index in [1.165, 1.54) is 19.2 Å². The number of hydrogen-bond acceptors (Lipinski definition) is 3. The minimum Gasteiger partial charge on any atom is -0.352 e. The molecule has 0 aliphatic carbocycles. The summed E-state index contributed by atoms with van der Waals surface area (Å²) in [5, 5.41) is 6.12. The average molecular weight is 428 g/mol. The first-order valence-electron chi connectivity index (χ1n) is 8.72. The van der Waals surface area contributed by atoms with E-state index in [-0.39, 0.29) is 5.75 Å². The summed E-state index contributed by atoms with van der Waals surface area (Å²) in [6.07, 6.45) is -4.36. The monoisotopic (exact) mass is 428 g/mol. The molecule has 6 nitrogen and oxygen atoms in total. The Morgan fingerprint density at radius 3 is 2.10 bits per heavy atom. The third-order valence-electron chi connectivity index (χ3n) is 4.08.